The molecule has 0 unspecified atom stereocenters. The Balaban J connectivity index is 3.62. The highest BCUT2D eigenvalue weighted by molar-refractivity contribution is 5.50. The van der Waals surface area contributed by atoms with Crippen molar-refractivity contribution in [2.24, 2.45) is 7.05 Å². The minimum atomic E-state index is -0.283. The summed E-state index contributed by atoms with van der Waals surface area (Å²) in [6, 6.07) is 0. The molecule has 0 saturated heterocycles. The van der Waals surface area contributed by atoms with E-state index in [2.05, 4.69) is 0 Å². The molecular formula is C12H19N3O2. The van der Waals surface area contributed by atoms with Gasteiger partial charge < -0.3 is 4.57 Å². The molecule has 0 bridgehead atoms. The van der Waals surface area contributed by atoms with Gasteiger partial charge in [-0.25, -0.2) is 9.36 Å². The Labute approximate surface area is 101 Å². The van der Waals surface area contributed by atoms with Crippen LogP contribution in [0.1, 0.15) is 18.2 Å². The van der Waals surface area contributed by atoms with Crippen LogP contribution in [0.15, 0.2) is 15.7 Å². The van der Waals surface area contributed by atoms with Crippen LogP contribution in [-0.4, -0.2) is 28.1 Å². The van der Waals surface area contributed by atoms with Crippen molar-refractivity contribution in [2.45, 2.75) is 20.5 Å². The van der Waals surface area contributed by atoms with Crippen molar-refractivity contribution in [3.63, 3.8) is 0 Å². The summed E-state index contributed by atoms with van der Waals surface area (Å²) in [4.78, 5) is 25.9. The number of rotatable bonds is 3. The van der Waals surface area contributed by atoms with Crippen molar-refractivity contribution >= 4 is 6.08 Å². The topological polar surface area (TPSA) is 47.2 Å². The third-order valence-corrected chi connectivity index (χ3v) is 2.64. The van der Waals surface area contributed by atoms with Crippen molar-refractivity contribution in [3.8, 4) is 0 Å². The van der Waals surface area contributed by atoms with E-state index >= 15 is 0 Å². The van der Waals surface area contributed by atoms with Crippen LogP contribution in [0.4, 0.5) is 0 Å². The van der Waals surface area contributed by atoms with Crippen molar-refractivity contribution in [1.82, 2.24) is 14.0 Å². The van der Waals surface area contributed by atoms with Gasteiger partial charge in [0.15, 0.2) is 0 Å². The first-order chi connectivity index (χ1) is 7.90. The van der Waals surface area contributed by atoms with Crippen molar-refractivity contribution in [2.75, 3.05) is 14.1 Å². The summed E-state index contributed by atoms with van der Waals surface area (Å²) in [7, 11) is 5.32. The number of aromatic nitrogens is 2. The molecule has 17 heavy (non-hydrogen) atoms. The fourth-order valence-corrected chi connectivity index (χ4v) is 1.66. The molecule has 1 aromatic rings. The second-order valence-corrected chi connectivity index (χ2v) is 4.29. The molecule has 5 heteroatoms. The lowest BCUT2D eigenvalue weighted by atomic mass is 10.2. The Kier molecular flexibility index (Phi) is 4.07. The van der Waals surface area contributed by atoms with Crippen LogP contribution < -0.4 is 11.2 Å². The lowest BCUT2D eigenvalue weighted by Crippen LogP contribution is -2.44. The van der Waals surface area contributed by atoms with Gasteiger partial charge in [-0.15, -0.1) is 0 Å². The second-order valence-electron chi connectivity index (χ2n) is 4.29. The maximum atomic E-state index is 12.2. The van der Waals surface area contributed by atoms with E-state index in [9.17, 15) is 9.59 Å². The minimum absolute atomic E-state index is 0.239. The molecule has 0 atom stereocenters. The van der Waals surface area contributed by atoms with Crippen LogP contribution in [0.5, 0.6) is 0 Å². The zero-order valence-corrected chi connectivity index (χ0v) is 11.0. The number of hydrogen-bond acceptors (Lipinski definition) is 3. The van der Waals surface area contributed by atoms with Gasteiger partial charge in [-0.2, -0.15) is 0 Å². The first-order valence-electron chi connectivity index (χ1n) is 5.48. The second kappa shape index (κ2) is 5.14. The third kappa shape index (κ3) is 2.55. The molecule has 0 aromatic carbocycles. The van der Waals surface area contributed by atoms with Gasteiger partial charge >= 0.3 is 5.69 Å². The average molecular weight is 237 g/mol. The molecule has 0 aliphatic heterocycles. The zero-order chi connectivity index (χ0) is 13.2. The maximum absolute atomic E-state index is 12.2. The number of hydrogen-bond donors (Lipinski definition) is 0. The van der Waals surface area contributed by atoms with E-state index in [-0.39, 0.29) is 17.9 Å². The predicted molar refractivity (Wildman–Crippen MR) is 69.1 cm³/mol. The van der Waals surface area contributed by atoms with Crippen molar-refractivity contribution in [1.29, 1.82) is 0 Å². The zero-order valence-electron chi connectivity index (χ0n) is 11.0. The van der Waals surface area contributed by atoms with Crippen LogP contribution >= 0.6 is 0 Å². The van der Waals surface area contributed by atoms with E-state index in [1.165, 1.54) is 9.13 Å². The molecule has 1 aromatic heterocycles. The van der Waals surface area contributed by atoms with Gasteiger partial charge in [0.2, 0.25) is 0 Å². The Morgan fingerprint density at radius 2 is 1.88 bits per heavy atom. The van der Waals surface area contributed by atoms with Gasteiger partial charge in [-0.05, 0) is 27.9 Å². The standard InChI is InChI=1S/C12H19N3O2/c1-6-7-10-9(2)14(5)12(17)15(11(10)16)8-13(3)4/h6-7H,8H2,1-5H3/b7-6+. The summed E-state index contributed by atoms with van der Waals surface area (Å²) in [5.41, 5.74) is 0.733. The fraction of sp³-hybridized carbons (Fsp3) is 0.500. The smallest absolute Gasteiger partial charge is 0.300 e. The fourth-order valence-electron chi connectivity index (χ4n) is 1.66. The highest BCUT2D eigenvalue weighted by Gasteiger charge is 2.12. The molecule has 5 nitrogen and oxygen atoms in total. The van der Waals surface area contributed by atoms with Gasteiger partial charge in [0.05, 0.1) is 12.2 Å². The number of nitrogens with zero attached hydrogens (tertiary/aromatic N) is 3. The third-order valence-electron chi connectivity index (χ3n) is 2.64. The summed E-state index contributed by atoms with van der Waals surface area (Å²) < 4.78 is 2.74. The molecule has 94 valence electrons. The average Bonchev–Trinajstić information content (AvgIpc) is 2.27. The summed E-state index contributed by atoms with van der Waals surface area (Å²) in [5, 5.41) is 0. The largest absolute Gasteiger partial charge is 0.332 e. The Bertz CT molecular complexity index is 550. The normalized spacial score (nSPS) is 11.6. The summed E-state index contributed by atoms with van der Waals surface area (Å²) in [6.07, 6.45) is 3.54. The summed E-state index contributed by atoms with van der Waals surface area (Å²) >= 11 is 0. The van der Waals surface area contributed by atoms with Gasteiger partial charge in [-0.3, -0.25) is 9.69 Å². The molecule has 0 aliphatic carbocycles. The van der Waals surface area contributed by atoms with E-state index in [0.29, 0.717) is 11.3 Å². The van der Waals surface area contributed by atoms with Gasteiger partial charge in [0.1, 0.15) is 0 Å². The molecule has 0 N–H and O–H groups in total. The van der Waals surface area contributed by atoms with Gasteiger partial charge in [-0.1, -0.05) is 12.2 Å². The van der Waals surface area contributed by atoms with Crippen LogP contribution in [0.3, 0.4) is 0 Å². The van der Waals surface area contributed by atoms with E-state index in [1.54, 1.807) is 31.0 Å². The van der Waals surface area contributed by atoms with E-state index in [0.717, 1.165) is 0 Å². The van der Waals surface area contributed by atoms with Crippen LogP contribution in [0, 0.1) is 6.92 Å². The Hall–Kier alpha value is -1.62. The SMILES string of the molecule is C/C=C/c1c(C)n(C)c(=O)n(CN(C)C)c1=O. The molecule has 0 fully saturated rings. The van der Waals surface area contributed by atoms with Crippen molar-refractivity contribution in [3.05, 3.63) is 38.2 Å². The van der Waals surface area contributed by atoms with Crippen LogP contribution in [0.2, 0.25) is 0 Å². The lowest BCUT2D eigenvalue weighted by molar-refractivity contribution is 0.308. The number of allylic oxidation sites excluding steroid dienone is 1. The summed E-state index contributed by atoms with van der Waals surface area (Å²) in [5.74, 6) is 0. The molecule has 1 rings (SSSR count). The molecular weight excluding hydrogens is 218 g/mol. The molecule has 0 spiro atoms. The molecule has 1 heterocycles. The maximum Gasteiger partial charge on any atom is 0.332 e. The molecule has 0 amide bonds. The molecule has 0 radical (unpaired) electrons. The minimum Gasteiger partial charge on any atom is -0.300 e. The van der Waals surface area contributed by atoms with Gasteiger partial charge in [0, 0.05) is 12.7 Å². The highest BCUT2D eigenvalue weighted by Crippen LogP contribution is 2.01. The Morgan fingerprint density at radius 1 is 1.29 bits per heavy atom. The quantitative estimate of drug-likeness (QED) is 0.765. The van der Waals surface area contributed by atoms with Crippen molar-refractivity contribution < 1.29 is 0 Å². The monoisotopic (exact) mass is 237 g/mol. The first kappa shape index (κ1) is 13.4. The van der Waals surface area contributed by atoms with Crippen LogP contribution in [0.25, 0.3) is 6.08 Å². The summed E-state index contributed by atoms with van der Waals surface area (Å²) in [6.45, 7) is 3.91. The lowest BCUT2D eigenvalue weighted by Gasteiger charge is -2.15. The Morgan fingerprint density at radius 3 is 2.35 bits per heavy atom. The van der Waals surface area contributed by atoms with Gasteiger partial charge in [0.25, 0.3) is 5.56 Å². The highest BCUT2D eigenvalue weighted by atomic mass is 16.2. The molecule has 0 saturated carbocycles. The van der Waals surface area contributed by atoms with E-state index in [1.807, 2.05) is 21.0 Å². The molecule has 0 aliphatic rings. The van der Waals surface area contributed by atoms with E-state index < -0.39 is 0 Å². The predicted octanol–water partition coefficient (Wildman–Crippen LogP) is 0.408. The first-order valence-corrected chi connectivity index (χ1v) is 5.48. The van der Waals surface area contributed by atoms with Crippen LogP contribution in [-0.2, 0) is 13.7 Å². The van der Waals surface area contributed by atoms with E-state index in [4.69, 9.17) is 0 Å².